The first-order valence-corrected chi connectivity index (χ1v) is 5.57. The molecule has 1 aromatic heterocycles. The predicted octanol–water partition coefficient (Wildman–Crippen LogP) is 2.60. The third kappa shape index (κ3) is 2.02. The molecule has 0 radical (unpaired) electrons. The number of hydrogen-bond donors (Lipinski definition) is 1. The van der Waals surface area contributed by atoms with Crippen LogP contribution in [-0.2, 0) is 0 Å². The van der Waals surface area contributed by atoms with Gasteiger partial charge in [0.15, 0.2) is 11.6 Å². The number of hydrogen-bond acceptors (Lipinski definition) is 6. The number of aromatic nitrogens is 1. The third-order valence-corrected chi connectivity index (χ3v) is 3.07. The van der Waals surface area contributed by atoms with Crippen LogP contribution >= 0.6 is 15.9 Å². The molecule has 0 aliphatic carbocycles. The number of nitro groups is 1. The number of benzene rings is 1. The molecule has 18 heavy (non-hydrogen) atoms. The van der Waals surface area contributed by atoms with Gasteiger partial charge in [-0.3, -0.25) is 10.1 Å². The van der Waals surface area contributed by atoms with Gasteiger partial charge in [0, 0.05) is 6.07 Å². The monoisotopic (exact) mass is 313 g/mol. The summed E-state index contributed by atoms with van der Waals surface area (Å²) in [6.45, 7) is 0. The van der Waals surface area contributed by atoms with Crippen molar-refractivity contribution in [2.45, 2.75) is 0 Å². The van der Waals surface area contributed by atoms with E-state index in [4.69, 9.17) is 15.0 Å². The Labute approximate surface area is 110 Å². The van der Waals surface area contributed by atoms with Crippen molar-refractivity contribution in [1.82, 2.24) is 5.16 Å². The largest absolute Gasteiger partial charge is 0.496 e. The summed E-state index contributed by atoms with van der Waals surface area (Å²) in [6, 6.07) is 4.17. The van der Waals surface area contributed by atoms with Gasteiger partial charge in [0.05, 0.1) is 23.7 Å². The molecule has 0 aliphatic heterocycles. The van der Waals surface area contributed by atoms with Gasteiger partial charge in [-0.05, 0) is 22.0 Å². The van der Waals surface area contributed by atoms with Gasteiger partial charge in [0.25, 0.3) is 5.69 Å². The van der Waals surface area contributed by atoms with Crippen LogP contribution in [0.1, 0.15) is 0 Å². The molecule has 0 spiro atoms. The molecule has 0 atom stereocenters. The number of halogens is 1. The molecule has 0 fully saturated rings. The zero-order valence-corrected chi connectivity index (χ0v) is 10.8. The average Bonchev–Trinajstić information content (AvgIpc) is 2.69. The molecule has 1 heterocycles. The molecule has 8 heteroatoms. The maximum atomic E-state index is 10.7. The SMILES string of the molecule is COc1cc([N+](=O)[O-])ccc1-c1onc(N)c1Br. The maximum Gasteiger partial charge on any atom is 0.273 e. The van der Waals surface area contributed by atoms with Crippen molar-refractivity contribution in [1.29, 1.82) is 0 Å². The van der Waals surface area contributed by atoms with Crippen molar-refractivity contribution in [2.24, 2.45) is 0 Å². The number of ether oxygens (including phenoxy) is 1. The molecular formula is C10H8BrN3O4. The Morgan fingerprint density at radius 3 is 2.78 bits per heavy atom. The van der Waals surface area contributed by atoms with Crippen LogP contribution in [0.4, 0.5) is 11.5 Å². The topological polar surface area (TPSA) is 104 Å². The van der Waals surface area contributed by atoms with Crippen molar-refractivity contribution < 1.29 is 14.2 Å². The summed E-state index contributed by atoms with van der Waals surface area (Å²) in [6.07, 6.45) is 0. The fourth-order valence-electron chi connectivity index (χ4n) is 1.44. The van der Waals surface area contributed by atoms with Gasteiger partial charge in [0.2, 0.25) is 0 Å². The number of nitro benzene ring substituents is 1. The predicted molar refractivity (Wildman–Crippen MR) is 67.3 cm³/mol. The number of nitrogens with zero attached hydrogens (tertiary/aromatic N) is 2. The lowest BCUT2D eigenvalue weighted by molar-refractivity contribution is -0.384. The van der Waals surface area contributed by atoms with E-state index in [1.165, 1.54) is 25.3 Å². The van der Waals surface area contributed by atoms with Crippen molar-refractivity contribution in [2.75, 3.05) is 12.8 Å². The lowest BCUT2D eigenvalue weighted by Crippen LogP contribution is -1.92. The fraction of sp³-hybridized carbons (Fsp3) is 0.100. The standard InChI is InChI=1S/C10H8BrN3O4/c1-17-7-4-5(14(15)16)2-3-6(7)9-8(11)10(12)13-18-9/h2-4H,1H3,(H2,12,13). The lowest BCUT2D eigenvalue weighted by atomic mass is 10.1. The molecule has 2 rings (SSSR count). The van der Waals surface area contributed by atoms with E-state index in [1.54, 1.807) is 0 Å². The van der Waals surface area contributed by atoms with E-state index in [0.717, 1.165) is 0 Å². The van der Waals surface area contributed by atoms with E-state index >= 15 is 0 Å². The minimum absolute atomic E-state index is 0.0702. The molecule has 0 saturated carbocycles. The first kappa shape index (κ1) is 12.4. The van der Waals surface area contributed by atoms with Gasteiger partial charge < -0.3 is 15.0 Å². The van der Waals surface area contributed by atoms with E-state index < -0.39 is 4.92 Å². The number of rotatable bonds is 3. The van der Waals surface area contributed by atoms with Gasteiger partial charge in [0.1, 0.15) is 10.2 Å². The van der Waals surface area contributed by atoms with Crippen LogP contribution < -0.4 is 10.5 Å². The van der Waals surface area contributed by atoms with Gasteiger partial charge in [-0.2, -0.15) is 0 Å². The minimum atomic E-state index is -0.504. The Hall–Kier alpha value is -2.09. The molecule has 94 valence electrons. The molecule has 2 N–H and O–H groups in total. The van der Waals surface area contributed by atoms with Crippen LogP contribution in [0.3, 0.4) is 0 Å². The summed E-state index contributed by atoms with van der Waals surface area (Å²) in [5.41, 5.74) is 6.00. The highest BCUT2D eigenvalue weighted by atomic mass is 79.9. The number of methoxy groups -OCH3 is 1. The van der Waals surface area contributed by atoms with Crippen molar-refractivity contribution in [3.05, 3.63) is 32.8 Å². The molecule has 0 aliphatic rings. The summed E-state index contributed by atoms with van der Waals surface area (Å²) >= 11 is 3.23. The summed E-state index contributed by atoms with van der Waals surface area (Å²) in [5, 5.41) is 14.3. The smallest absolute Gasteiger partial charge is 0.273 e. The second-order valence-corrected chi connectivity index (χ2v) is 4.15. The van der Waals surface area contributed by atoms with Crippen molar-refractivity contribution in [3.8, 4) is 17.1 Å². The Kier molecular flexibility index (Phi) is 3.19. The van der Waals surface area contributed by atoms with Crippen LogP contribution in [0.5, 0.6) is 5.75 Å². The van der Waals surface area contributed by atoms with Crippen LogP contribution in [0, 0.1) is 10.1 Å². The lowest BCUT2D eigenvalue weighted by Gasteiger charge is -2.05. The van der Waals surface area contributed by atoms with Crippen LogP contribution in [0.2, 0.25) is 0 Å². The second-order valence-electron chi connectivity index (χ2n) is 3.35. The van der Waals surface area contributed by atoms with Gasteiger partial charge in [-0.15, -0.1) is 0 Å². The quantitative estimate of drug-likeness (QED) is 0.689. The molecule has 0 amide bonds. The molecular weight excluding hydrogens is 306 g/mol. The summed E-state index contributed by atoms with van der Waals surface area (Å²) in [7, 11) is 1.41. The highest BCUT2D eigenvalue weighted by Gasteiger charge is 2.19. The molecule has 1 aromatic carbocycles. The van der Waals surface area contributed by atoms with E-state index in [-0.39, 0.29) is 11.5 Å². The van der Waals surface area contributed by atoms with Gasteiger partial charge in [-0.1, -0.05) is 5.16 Å². The summed E-state index contributed by atoms with van der Waals surface area (Å²) in [5.74, 6) is 0.866. The molecule has 7 nitrogen and oxygen atoms in total. The first-order valence-electron chi connectivity index (χ1n) is 4.78. The Balaban J connectivity index is 2.58. The normalized spacial score (nSPS) is 10.3. The molecule has 2 aromatic rings. The number of nitrogens with two attached hydrogens (primary N) is 1. The zero-order valence-electron chi connectivity index (χ0n) is 9.21. The van der Waals surface area contributed by atoms with E-state index in [0.29, 0.717) is 21.5 Å². The van der Waals surface area contributed by atoms with Gasteiger partial charge in [-0.25, -0.2) is 0 Å². The van der Waals surface area contributed by atoms with Crippen LogP contribution in [0.15, 0.2) is 27.2 Å². The highest BCUT2D eigenvalue weighted by Crippen LogP contribution is 2.39. The fourth-order valence-corrected chi connectivity index (χ4v) is 1.80. The Morgan fingerprint density at radius 2 is 2.28 bits per heavy atom. The molecule has 0 bridgehead atoms. The molecule has 0 unspecified atom stereocenters. The maximum absolute atomic E-state index is 10.7. The number of anilines is 1. The van der Waals surface area contributed by atoms with E-state index in [1.807, 2.05) is 0 Å². The van der Waals surface area contributed by atoms with Crippen LogP contribution in [-0.4, -0.2) is 17.2 Å². The van der Waals surface area contributed by atoms with Crippen molar-refractivity contribution >= 4 is 27.4 Å². The minimum Gasteiger partial charge on any atom is -0.496 e. The summed E-state index contributed by atoms with van der Waals surface area (Å²) in [4.78, 5) is 10.2. The van der Waals surface area contributed by atoms with Gasteiger partial charge >= 0.3 is 0 Å². The second kappa shape index (κ2) is 4.65. The average molecular weight is 314 g/mol. The van der Waals surface area contributed by atoms with Crippen LogP contribution in [0.25, 0.3) is 11.3 Å². The first-order chi connectivity index (χ1) is 8.54. The number of non-ortho nitro benzene ring substituents is 1. The Bertz CT molecular complexity index is 611. The molecule has 0 saturated heterocycles. The third-order valence-electron chi connectivity index (χ3n) is 2.30. The van der Waals surface area contributed by atoms with Crippen molar-refractivity contribution in [3.63, 3.8) is 0 Å². The van der Waals surface area contributed by atoms with E-state index in [9.17, 15) is 10.1 Å². The number of nitrogen functional groups attached to an aromatic ring is 1. The Morgan fingerprint density at radius 1 is 1.56 bits per heavy atom. The zero-order chi connectivity index (χ0) is 13.3. The summed E-state index contributed by atoms with van der Waals surface area (Å²) < 4.78 is 10.6. The highest BCUT2D eigenvalue weighted by molar-refractivity contribution is 9.10. The van der Waals surface area contributed by atoms with E-state index in [2.05, 4.69) is 21.1 Å².